The lowest BCUT2D eigenvalue weighted by Crippen LogP contribution is -2.34. The third kappa shape index (κ3) is 5.51. The van der Waals surface area contributed by atoms with Crippen LogP contribution in [0.3, 0.4) is 0 Å². The Hall–Kier alpha value is -3.51. The molecule has 0 saturated heterocycles. The number of hydrogen-bond acceptors (Lipinski definition) is 3. The summed E-state index contributed by atoms with van der Waals surface area (Å²) in [6.45, 7) is 0.436. The molecular formula is C27H25ClFN3O2. The van der Waals surface area contributed by atoms with E-state index in [0.29, 0.717) is 29.9 Å². The largest absolute Gasteiger partial charge is 0.322 e. The molecule has 174 valence electrons. The normalized spacial score (nSPS) is 14.3. The molecule has 1 aliphatic rings. The lowest BCUT2D eigenvalue weighted by molar-refractivity contribution is 0.0986. The molecule has 4 rings (SSSR count). The van der Waals surface area contributed by atoms with E-state index in [0.717, 1.165) is 43.0 Å². The molecule has 0 aromatic heterocycles. The van der Waals surface area contributed by atoms with E-state index in [4.69, 9.17) is 17.0 Å². The Balaban J connectivity index is 1.55. The molecule has 0 unspecified atom stereocenters. The van der Waals surface area contributed by atoms with Crippen LogP contribution in [0.25, 0.3) is 0 Å². The topological polar surface area (TPSA) is 73.3 Å². The molecule has 1 aliphatic heterocycles. The molecule has 1 heterocycles. The molecule has 0 atom stereocenters. The fraction of sp³-hybridized carbons (Fsp3) is 0.222. The molecule has 3 aromatic rings. The fourth-order valence-corrected chi connectivity index (χ4v) is 4.27. The highest BCUT2D eigenvalue weighted by Crippen LogP contribution is 2.27. The second-order valence-electron chi connectivity index (χ2n) is 8.30. The van der Waals surface area contributed by atoms with E-state index in [2.05, 4.69) is 11.4 Å². The van der Waals surface area contributed by atoms with Gasteiger partial charge >= 0.3 is 0 Å². The van der Waals surface area contributed by atoms with Crippen LogP contribution in [0.1, 0.15) is 52.0 Å². The summed E-state index contributed by atoms with van der Waals surface area (Å²) in [5.74, 6) is -1.25. The predicted molar refractivity (Wildman–Crippen MR) is 134 cm³/mol. The smallest absolute Gasteiger partial charge is 0.258 e. The van der Waals surface area contributed by atoms with Crippen molar-refractivity contribution in [1.29, 1.82) is 5.41 Å². The van der Waals surface area contributed by atoms with Gasteiger partial charge in [0.25, 0.3) is 11.8 Å². The van der Waals surface area contributed by atoms with Gasteiger partial charge in [0, 0.05) is 35.6 Å². The SMILES string of the molecule is N=C1CCCCc2ccccc2N(C(=O)c2ccc(NC(=O)c3cc(F)ccc3Cl)cc2)CC1. The number of rotatable bonds is 3. The van der Waals surface area contributed by atoms with Crippen molar-refractivity contribution in [3.8, 4) is 0 Å². The third-order valence-electron chi connectivity index (χ3n) is 5.90. The average Bonchev–Trinajstić information content (AvgIpc) is 2.84. The van der Waals surface area contributed by atoms with E-state index in [1.54, 1.807) is 29.2 Å². The van der Waals surface area contributed by atoms with Crippen LogP contribution in [-0.4, -0.2) is 24.1 Å². The van der Waals surface area contributed by atoms with E-state index in [-0.39, 0.29) is 16.5 Å². The number of amides is 2. The first kappa shape index (κ1) is 23.6. The molecule has 34 heavy (non-hydrogen) atoms. The van der Waals surface area contributed by atoms with Gasteiger partial charge in [-0.25, -0.2) is 4.39 Å². The molecule has 2 N–H and O–H groups in total. The summed E-state index contributed by atoms with van der Waals surface area (Å²) >= 11 is 6.02. The van der Waals surface area contributed by atoms with Crippen molar-refractivity contribution >= 4 is 40.5 Å². The third-order valence-corrected chi connectivity index (χ3v) is 6.23. The highest BCUT2D eigenvalue weighted by molar-refractivity contribution is 6.34. The molecule has 0 aliphatic carbocycles. The fourth-order valence-electron chi connectivity index (χ4n) is 4.06. The Morgan fingerprint density at radius 3 is 2.47 bits per heavy atom. The number of carbonyl (C=O) groups is 2. The van der Waals surface area contributed by atoms with Gasteiger partial charge in [-0.1, -0.05) is 29.8 Å². The predicted octanol–water partition coefficient (Wildman–Crippen LogP) is 6.51. The molecule has 2 amide bonds. The van der Waals surface area contributed by atoms with Gasteiger partial charge in [0.05, 0.1) is 10.6 Å². The molecule has 0 radical (unpaired) electrons. The summed E-state index contributed by atoms with van der Waals surface area (Å²) in [6, 6.07) is 18.1. The van der Waals surface area contributed by atoms with Crippen LogP contribution < -0.4 is 10.2 Å². The zero-order chi connectivity index (χ0) is 24.1. The van der Waals surface area contributed by atoms with Crippen molar-refractivity contribution in [3.63, 3.8) is 0 Å². The van der Waals surface area contributed by atoms with Crippen LogP contribution in [0.2, 0.25) is 5.02 Å². The zero-order valence-electron chi connectivity index (χ0n) is 18.6. The van der Waals surface area contributed by atoms with Crippen LogP contribution in [0.4, 0.5) is 15.8 Å². The van der Waals surface area contributed by atoms with Crippen molar-refractivity contribution in [1.82, 2.24) is 0 Å². The summed E-state index contributed by atoms with van der Waals surface area (Å²) in [5, 5.41) is 11.0. The summed E-state index contributed by atoms with van der Waals surface area (Å²) < 4.78 is 13.5. The number of carbonyl (C=O) groups excluding carboxylic acids is 2. The number of hydrogen-bond donors (Lipinski definition) is 2. The maximum Gasteiger partial charge on any atom is 0.258 e. The molecule has 0 fully saturated rings. The first-order chi connectivity index (χ1) is 16.4. The van der Waals surface area contributed by atoms with Crippen molar-refractivity contribution in [2.24, 2.45) is 0 Å². The number of aryl methyl sites for hydroxylation is 1. The maximum absolute atomic E-state index is 13.5. The van der Waals surface area contributed by atoms with E-state index in [1.807, 2.05) is 18.2 Å². The lowest BCUT2D eigenvalue weighted by Gasteiger charge is -2.27. The summed E-state index contributed by atoms with van der Waals surface area (Å²) in [6.07, 6.45) is 4.11. The van der Waals surface area contributed by atoms with Gasteiger partial charge in [0.15, 0.2) is 0 Å². The van der Waals surface area contributed by atoms with E-state index >= 15 is 0 Å². The van der Waals surface area contributed by atoms with Crippen molar-refractivity contribution in [2.75, 3.05) is 16.8 Å². The minimum absolute atomic E-state index is 0.0356. The highest BCUT2D eigenvalue weighted by Gasteiger charge is 2.21. The number of para-hydroxylation sites is 1. The van der Waals surface area contributed by atoms with Crippen LogP contribution in [0.5, 0.6) is 0 Å². The van der Waals surface area contributed by atoms with Crippen molar-refractivity contribution in [3.05, 3.63) is 94.3 Å². The minimum atomic E-state index is -0.552. The van der Waals surface area contributed by atoms with Gasteiger partial charge < -0.3 is 15.6 Å². The van der Waals surface area contributed by atoms with Crippen LogP contribution in [0, 0.1) is 11.2 Å². The Bertz CT molecular complexity index is 1230. The Labute approximate surface area is 203 Å². The van der Waals surface area contributed by atoms with Crippen LogP contribution in [0.15, 0.2) is 66.7 Å². The monoisotopic (exact) mass is 477 g/mol. The lowest BCUT2D eigenvalue weighted by atomic mass is 9.99. The zero-order valence-corrected chi connectivity index (χ0v) is 19.4. The molecule has 0 spiro atoms. The first-order valence-corrected chi connectivity index (χ1v) is 11.6. The van der Waals surface area contributed by atoms with Gasteiger partial charge in [-0.15, -0.1) is 0 Å². The van der Waals surface area contributed by atoms with Gasteiger partial charge in [-0.05, 0) is 79.8 Å². The standard InChI is InChI=1S/C27H25ClFN3O2/c28-24-14-11-20(29)17-23(24)26(33)31-22-12-9-19(10-13-22)27(34)32-16-15-21(30)7-3-1-5-18-6-2-4-8-25(18)32/h2,4,6,8-14,17,30H,1,3,5,7,15-16H2,(H,31,33). The Kier molecular flexibility index (Phi) is 7.38. The Morgan fingerprint density at radius 1 is 0.941 bits per heavy atom. The maximum atomic E-state index is 13.5. The summed E-state index contributed by atoms with van der Waals surface area (Å²) in [5.41, 5.74) is 3.63. The number of benzene rings is 3. The van der Waals surface area contributed by atoms with Crippen LogP contribution in [-0.2, 0) is 6.42 Å². The van der Waals surface area contributed by atoms with Crippen molar-refractivity contribution < 1.29 is 14.0 Å². The number of nitrogens with zero attached hydrogens (tertiary/aromatic N) is 1. The van der Waals surface area contributed by atoms with E-state index in [9.17, 15) is 14.0 Å². The van der Waals surface area contributed by atoms with Crippen molar-refractivity contribution in [2.45, 2.75) is 32.1 Å². The second-order valence-corrected chi connectivity index (χ2v) is 8.71. The minimum Gasteiger partial charge on any atom is -0.322 e. The molecule has 0 bridgehead atoms. The summed E-state index contributed by atoms with van der Waals surface area (Å²) in [4.78, 5) is 27.7. The number of fused-ring (bicyclic) bond motifs is 1. The Morgan fingerprint density at radius 2 is 1.68 bits per heavy atom. The number of nitrogens with one attached hydrogen (secondary N) is 2. The van der Waals surface area contributed by atoms with Gasteiger partial charge in [0.2, 0.25) is 0 Å². The highest BCUT2D eigenvalue weighted by atomic mass is 35.5. The van der Waals surface area contributed by atoms with Crippen LogP contribution >= 0.6 is 11.6 Å². The van der Waals surface area contributed by atoms with Gasteiger partial charge in [0.1, 0.15) is 5.82 Å². The van der Waals surface area contributed by atoms with E-state index in [1.165, 1.54) is 12.1 Å². The first-order valence-electron chi connectivity index (χ1n) is 11.2. The summed E-state index contributed by atoms with van der Waals surface area (Å²) in [7, 11) is 0. The number of anilines is 2. The molecule has 0 saturated carbocycles. The molecular weight excluding hydrogens is 453 g/mol. The average molecular weight is 478 g/mol. The second kappa shape index (κ2) is 10.6. The molecule has 3 aromatic carbocycles. The quantitative estimate of drug-likeness (QED) is 0.451. The molecule has 7 heteroatoms. The van der Waals surface area contributed by atoms with Gasteiger partial charge in [-0.2, -0.15) is 0 Å². The van der Waals surface area contributed by atoms with Gasteiger partial charge in [-0.3, -0.25) is 9.59 Å². The number of halogens is 2. The van der Waals surface area contributed by atoms with E-state index < -0.39 is 11.7 Å². The molecule has 5 nitrogen and oxygen atoms in total.